The molecule has 2 N–H and O–H groups in total. The third kappa shape index (κ3) is 2.91. The summed E-state index contributed by atoms with van der Waals surface area (Å²) in [4.78, 5) is 26.5. The van der Waals surface area contributed by atoms with E-state index in [0.29, 0.717) is 5.41 Å². The van der Waals surface area contributed by atoms with E-state index in [1.165, 1.54) is 17.7 Å². The molecule has 1 aliphatic carbocycles. The SMILES string of the molecule is C[C@@H]1[C@H](c2ccccc2)OC(=O)N1C(=O)[C@H](C)[C@@H](O)[C@@H]1CC2(CC2)CN1. The van der Waals surface area contributed by atoms with Crippen LogP contribution in [0.1, 0.15) is 44.8 Å². The van der Waals surface area contributed by atoms with E-state index in [-0.39, 0.29) is 11.9 Å². The van der Waals surface area contributed by atoms with Crippen LogP contribution in [0.5, 0.6) is 0 Å². The molecule has 0 radical (unpaired) electrons. The highest BCUT2D eigenvalue weighted by Gasteiger charge is 2.52. The maximum atomic E-state index is 13.0. The van der Waals surface area contributed by atoms with Crippen molar-refractivity contribution in [2.75, 3.05) is 6.54 Å². The number of rotatable bonds is 4. The van der Waals surface area contributed by atoms with Crippen LogP contribution in [0.25, 0.3) is 0 Å². The summed E-state index contributed by atoms with van der Waals surface area (Å²) in [5, 5.41) is 14.1. The fraction of sp³-hybridized carbons (Fsp3) is 0.600. The molecule has 5 atom stereocenters. The Kier molecular flexibility index (Phi) is 4.28. The van der Waals surface area contributed by atoms with Crippen LogP contribution in [0.3, 0.4) is 0 Å². The van der Waals surface area contributed by atoms with E-state index in [2.05, 4.69) is 5.32 Å². The van der Waals surface area contributed by atoms with E-state index in [1.54, 1.807) is 6.92 Å². The molecular formula is C20H26N2O4. The summed E-state index contributed by atoms with van der Waals surface area (Å²) in [5.74, 6) is -1.03. The second-order valence-corrected chi connectivity index (χ2v) is 8.13. The molecule has 140 valence electrons. The number of aliphatic hydroxyl groups excluding tert-OH is 1. The van der Waals surface area contributed by atoms with E-state index in [4.69, 9.17) is 4.74 Å². The summed E-state index contributed by atoms with van der Waals surface area (Å²) in [6, 6.07) is 8.94. The van der Waals surface area contributed by atoms with Crippen molar-refractivity contribution in [3.8, 4) is 0 Å². The van der Waals surface area contributed by atoms with E-state index < -0.39 is 30.3 Å². The van der Waals surface area contributed by atoms with Crippen molar-refractivity contribution < 1.29 is 19.4 Å². The van der Waals surface area contributed by atoms with Crippen LogP contribution in [-0.4, -0.2) is 46.7 Å². The molecule has 1 aromatic carbocycles. The van der Waals surface area contributed by atoms with Crippen LogP contribution in [0.2, 0.25) is 0 Å². The number of carbonyl (C=O) groups is 2. The van der Waals surface area contributed by atoms with Gasteiger partial charge < -0.3 is 15.2 Å². The predicted octanol–water partition coefficient (Wildman–Crippen LogP) is 2.23. The summed E-state index contributed by atoms with van der Waals surface area (Å²) in [7, 11) is 0. The minimum Gasteiger partial charge on any atom is -0.439 e. The van der Waals surface area contributed by atoms with Crippen LogP contribution >= 0.6 is 0 Å². The largest absolute Gasteiger partial charge is 0.439 e. The van der Waals surface area contributed by atoms with Gasteiger partial charge in [0.2, 0.25) is 5.91 Å². The lowest BCUT2D eigenvalue weighted by atomic mass is 9.91. The minimum absolute atomic E-state index is 0.0877. The third-order valence-corrected chi connectivity index (χ3v) is 6.30. The Balaban J connectivity index is 1.45. The average molecular weight is 358 g/mol. The van der Waals surface area contributed by atoms with Crippen molar-refractivity contribution in [3.63, 3.8) is 0 Å². The smallest absolute Gasteiger partial charge is 0.417 e. The molecule has 4 rings (SSSR count). The summed E-state index contributed by atoms with van der Waals surface area (Å²) < 4.78 is 5.46. The highest BCUT2D eigenvalue weighted by molar-refractivity contribution is 5.95. The lowest BCUT2D eigenvalue weighted by Crippen LogP contribution is -2.48. The van der Waals surface area contributed by atoms with Crippen LogP contribution in [-0.2, 0) is 9.53 Å². The number of cyclic esters (lactones) is 1. The number of nitrogens with zero attached hydrogens (tertiary/aromatic N) is 1. The molecule has 2 saturated heterocycles. The lowest BCUT2D eigenvalue weighted by Gasteiger charge is -2.28. The van der Waals surface area contributed by atoms with Gasteiger partial charge in [0.15, 0.2) is 0 Å². The molecular weight excluding hydrogens is 332 g/mol. The number of carbonyl (C=O) groups excluding carboxylic acids is 2. The molecule has 1 spiro atoms. The van der Waals surface area contributed by atoms with Gasteiger partial charge in [0.05, 0.1) is 18.1 Å². The lowest BCUT2D eigenvalue weighted by molar-refractivity contribution is -0.137. The number of amides is 2. The minimum atomic E-state index is -0.807. The molecule has 2 aliphatic heterocycles. The summed E-state index contributed by atoms with van der Waals surface area (Å²) in [6.07, 6.45) is 1.38. The Labute approximate surface area is 153 Å². The molecule has 0 unspecified atom stereocenters. The van der Waals surface area contributed by atoms with Crippen LogP contribution in [0, 0.1) is 11.3 Å². The molecule has 2 amide bonds. The van der Waals surface area contributed by atoms with E-state index in [9.17, 15) is 14.7 Å². The summed E-state index contributed by atoms with van der Waals surface area (Å²) in [5.41, 5.74) is 1.21. The quantitative estimate of drug-likeness (QED) is 0.863. The molecule has 1 aromatic rings. The number of hydrogen-bond acceptors (Lipinski definition) is 5. The van der Waals surface area contributed by atoms with Crippen LogP contribution in [0.15, 0.2) is 30.3 Å². The highest BCUT2D eigenvalue weighted by atomic mass is 16.6. The molecule has 0 aromatic heterocycles. The zero-order valence-corrected chi connectivity index (χ0v) is 15.2. The molecule has 3 fully saturated rings. The normalized spacial score (nSPS) is 31.7. The van der Waals surface area contributed by atoms with Gasteiger partial charge in [-0.3, -0.25) is 4.79 Å². The van der Waals surface area contributed by atoms with Gasteiger partial charge >= 0.3 is 6.09 Å². The van der Waals surface area contributed by atoms with Gasteiger partial charge in [0.25, 0.3) is 0 Å². The fourth-order valence-electron chi connectivity index (χ4n) is 4.32. The zero-order valence-electron chi connectivity index (χ0n) is 15.2. The Hall–Kier alpha value is -1.92. The van der Waals surface area contributed by atoms with E-state index >= 15 is 0 Å². The number of aliphatic hydroxyl groups is 1. The Morgan fingerprint density at radius 3 is 2.65 bits per heavy atom. The number of imide groups is 1. The standard InChI is InChI=1S/C20H26N2O4/c1-12(16(23)15-10-20(8-9-20)11-21-15)18(24)22-13(2)17(26-19(22)25)14-6-4-3-5-7-14/h3-7,12-13,15-17,21,23H,8-11H2,1-2H3/t12-,13-,15+,16-,17-/m1/s1. The number of nitrogens with one attached hydrogen (secondary N) is 1. The van der Waals surface area contributed by atoms with Crippen molar-refractivity contribution in [3.05, 3.63) is 35.9 Å². The molecule has 6 heteroatoms. The maximum absolute atomic E-state index is 13.0. The molecule has 6 nitrogen and oxygen atoms in total. The second kappa shape index (κ2) is 6.35. The van der Waals surface area contributed by atoms with Crippen molar-refractivity contribution in [2.24, 2.45) is 11.3 Å². The fourth-order valence-corrected chi connectivity index (χ4v) is 4.32. The molecule has 2 heterocycles. The third-order valence-electron chi connectivity index (χ3n) is 6.30. The summed E-state index contributed by atoms with van der Waals surface area (Å²) >= 11 is 0. The van der Waals surface area contributed by atoms with Crippen molar-refractivity contribution in [2.45, 2.75) is 57.4 Å². The topological polar surface area (TPSA) is 78.9 Å². The van der Waals surface area contributed by atoms with Gasteiger partial charge in [-0.05, 0) is 37.2 Å². The van der Waals surface area contributed by atoms with Crippen molar-refractivity contribution in [1.82, 2.24) is 10.2 Å². The van der Waals surface area contributed by atoms with E-state index in [1.807, 2.05) is 37.3 Å². The molecule has 1 saturated carbocycles. The van der Waals surface area contributed by atoms with Crippen molar-refractivity contribution >= 4 is 12.0 Å². The Morgan fingerprint density at radius 2 is 2.04 bits per heavy atom. The number of ether oxygens (including phenoxy) is 1. The van der Waals surface area contributed by atoms with E-state index in [0.717, 1.165) is 18.5 Å². The molecule has 0 bridgehead atoms. The monoisotopic (exact) mass is 358 g/mol. The number of hydrogen-bond donors (Lipinski definition) is 2. The first-order valence-electron chi connectivity index (χ1n) is 9.42. The first-order chi connectivity index (χ1) is 12.4. The van der Waals surface area contributed by atoms with Crippen LogP contribution < -0.4 is 5.32 Å². The average Bonchev–Trinajstić information content (AvgIpc) is 3.16. The molecule has 26 heavy (non-hydrogen) atoms. The zero-order chi connectivity index (χ0) is 18.5. The predicted molar refractivity (Wildman–Crippen MR) is 95.2 cm³/mol. The molecule has 3 aliphatic rings. The maximum Gasteiger partial charge on any atom is 0.417 e. The second-order valence-electron chi connectivity index (χ2n) is 8.13. The van der Waals surface area contributed by atoms with Gasteiger partial charge in [-0.1, -0.05) is 37.3 Å². The van der Waals surface area contributed by atoms with Gasteiger partial charge in [-0.2, -0.15) is 0 Å². The van der Waals surface area contributed by atoms with Crippen LogP contribution in [0.4, 0.5) is 4.79 Å². The first kappa shape index (κ1) is 17.5. The van der Waals surface area contributed by atoms with Crippen molar-refractivity contribution in [1.29, 1.82) is 0 Å². The number of benzene rings is 1. The van der Waals surface area contributed by atoms with Gasteiger partial charge in [0, 0.05) is 12.6 Å². The highest BCUT2D eigenvalue weighted by Crippen LogP contribution is 2.52. The van der Waals surface area contributed by atoms with Gasteiger partial charge in [-0.25, -0.2) is 9.69 Å². The Bertz CT molecular complexity index is 703. The van der Waals surface area contributed by atoms with Gasteiger partial charge in [-0.15, -0.1) is 0 Å². The van der Waals surface area contributed by atoms with Gasteiger partial charge in [0.1, 0.15) is 6.10 Å². The Morgan fingerprint density at radius 1 is 1.35 bits per heavy atom. The first-order valence-corrected chi connectivity index (χ1v) is 9.42. The summed E-state index contributed by atoms with van der Waals surface area (Å²) in [6.45, 7) is 4.42.